The Bertz CT molecular complexity index is 731. The minimum Gasteiger partial charge on any atom is -0.393 e. The predicted molar refractivity (Wildman–Crippen MR) is 133 cm³/mol. The van der Waals surface area contributed by atoms with Crippen molar-refractivity contribution in [2.45, 2.75) is 106 Å². The molecule has 1 heteroatoms. The highest BCUT2D eigenvalue weighted by atomic mass is 16.3. The Labute approximate surface area is 193 Å². The van der Waals surface area contributed by atoms with Gasteiger partial charge in [-0.15, -0.1) is 0 Å². The van der Waals surface area contributed by atoms with Crippen molar-refractivity contribution in [3.63, 3.8) is 0 Å². The van der Waals surface area contributed by atoms with Crippen LogP contribution in [0.3, 0.4) is 0 Å². The fourth-order valence-electron chi connectivity index (χ4n) is 8.88. The van der Waals surface area contributed by atoms with Crippen LogP contribution in [0.2, 0.25) is 0 Å². The molecule has 0 amide bonds. The van der Waals surface area contributed by atoms with E-state index >= 15 is 0 Å². The monoisotopic (exact) mass is 426 g/mol. The Morgan fingerprint density at radius 1 is 1.00 bits per heavy atom. The molecule has 0 aromatic heterocycles. The summed E-state index contributed by atoms with van der Waals surface area (Å²) in [5.41, 5.74) is 4.37. The van der Waals surface area contributed by atoms with Gasteiger partial charge in [0.25, 0.3) is 0 Å². The number of rotatable bonds is 4. The van der Waals surface area contributed by atoms with Crippen molar-refractivity contribution in [3.05, 3.63) is 23.3 Å². The van der Waals surface area contributed by atoms with Gasteiger partial charge < -0.3 is 5.11 Å². The summed E-state index contributed by atoms with van der Waals surface area (Å²) in [6.45, 7) is 19.6. The van der Waals surface area contributed by atoms with Crippen molar-refractivity contribution in [2.75, 3.05) is 0 Å². The van der Waals surface area contributed by atoms with E-state index in [1.807, 2.05) is 5.57 Å². The topological polar surface area (TPSA) is 20.2 Å². The zero-order valence-corrected chi connectivity index (χ0v) is 21.7. The maximum Gasteiger partial charge on any atom is 0.0568 e. The smallest absolute Gasteiger partial charge is 0.0568 e. The molecule has 1 N–H and O–H groups in total. The third kappa shape index (κ3) is 3.70. The summed E-state index contributed by atoms with van der Waals surface area (Å²) in [5, 5.41) is 10.5. The molecule has 10 atom stereocenters. The van der Waals surface area contributed by atoms with Crippen molar-refractivity contribution in [2.24, 2.45) is 58.2 Å². The van der Waals surface area contributed by atoms with Gasteiger partial charge in [0.15, 0.2) is 0 Å². The molecule has 3 saturated carbocycles. The molecule has 1 unspecified atom stereocenters. The molecule has 1 nitrogen and oxygen atoms in total. The van der Waals surface area contributed by atoms with Crippen LogP contribution in [0.15, 0.2) is 23.3 Å². The molecule has 0 saturated heterocycles. The number of hydrogen-bond acceptors (Lipinski definition) is 1. The molecule has 0 aromatic rings. The quantitative estimate of drug-likeness (QED) is 0.451. The fraction of sp³-hybridized carbons (Fsp3) is 0.867. The van der Waals surface area contributed by atoms with Gasteiger partial charge in [-0.05, 0) is 110 Å². The van der Waals surface area contributed by atoms with Crippen molar-refractivity contribution in [3.8, 4) is 0 Å². The fourth-order valence-corrected chi connectivity index (χ4v) is 8.88. The molecule has 3 fully saturated rings. The normalized spacial score (nSPS) is 47.3. The minimum atomic E-state index is -0.0819. The van der Waals surface area contributed by atoms with E-state index in [1.165, 1.54) is 38.5 Å². The lowest BCUT2D eigenvalue weighted by atomic mass is 9.46. The number of allylic oxidation sites excluding steroid dienone is 4. The Morgan fingerprint density at radius 3 is 2.32 bits per heavy atom. The number of fused-ring (bicyclic) bond motifs is 5. The average molecular weight is 427 g/mol. The van der Waals surface area contributed by atoms with E-state index in [2.05, 4.69) is 67.5 Å². The molecule has 4 rings (SSSR count). The van der Waals surface area contributed by atoms with Gasteiger partial charge >= 0.3 is 0 Å². The zero-order valence-electron chi connectivity index (χ0n) is 21.7. The van der Waals surface area contributed by atoms with E-state index in [0.717, 1.165) is 30.1 Å². The van der Waals surface area contributed by atoms with Crippen LogP contribution in [0, 0.1) is 58.2 Å². The SMILES string of the molecule is C/C(=C\C(C)C(C)C)[C@@H](C)[C@H]1CC[C@H]2C3=CC[C@H]4[C@H](C)[C@@H](O)CC[C@]4(C)[C@H]3CC[C@]12C. The lowest BCUT2D eigenvalue weighted by molar-refractivity contribution is -0.0768. The van der Waals surface area contributed by atoms with E-state index in [1.54, 1.807) is 5.57 Å². The molecule has 0 aliphatic heterocycles. The Balaban J connectivity index is 1.58. The number of hydrogen-bond donors (Lipinski definition) is 1. The van der Waals surface area contributed by atoms with Crippen molar-refractivity contribution < 1.29 is 5.11 Å². The summed E-state index contributed by atoms with van der Waals surface area (Å²) >= 11 is 0. The second-order valence-corrected chi connectivity index (χ2v) is 13.2. The van der Waals surface area contributed by atoms with Gasteiger partial charge in [-0.1, -0.05) is 71.8 Å². The van der Waals surface area contributed by atoms with Crippen molar-refractivity contribution >= 4 is 0 Å². The Morgan fingerprint density at radius 2 is 1.65 bits per heavy atom. The largest absolute Gasteiger partial charge is 0.393 e. The summed E-state index contributed by atoms with van der Waals surface area (Å²) in [6, 6.07) is 0. The van der Waals surface area contributed by atoms with E-state index in [4.69, 9.17) is 0 Å². The van der Waals surface area contributed by atoms with Gasteiger partial charge in [0.1, 0.15) is 0 Å². The third-order valence-corrected chi connectivity index (χ3v) is 11.6. The average Bonchev–Trinajstić information content (AvgIpc) is 3.07. The molecule has 0 aromatic carbocycles. The van der Waals surface area contributed by atoms with Crippen LogP contribution in [-0.4, -0.2) is 11.2 Å². The molecule has 31 heavy (non-hydrogen) atoms. The van der Waals surface area contributed by atoms with Crippen LogP contribution < -0.4 is 0 Å². The summed E-state index contributed by atoms with van der Waals surface area (Å²) in [7, 11) is 0. The maximum absolute atomic E-state index is 10.5. The maximum atomic E-state index is 10.5. The predicted octanol–water partition coefficient (Wildman–Crippen LogP) is 8.05. The summed E-state index contributed by atoms with van der Waals surface area (Å²) in [4.78, 5) is 0. The first-order valence-corrected chi connectivity index (χ1v) is 13.6. The molecule has 0 spiro atoms. The van der Waals surface area contributed by atoms with Gasteiger partial charge in [0, 0.05) is 0 Å². The third-order valence-electron chi connectivity index (χ3n) is 11.6. The number of aliphatic hydroxyl groups is 1. The van der Waals surface area contributed by atoms with Crippen LogP contribution in [0.1, 0.15) is 100 Å². The van der Waals surface area contributed by atoms with Gasteiger partial charge in [0.2, 0.25) is 0 Å². The van der Waals surface area contributed by atoms with Gasteiger partial charge in [-0.25, -0.2) is 0 Å². The lowest BCUT2D eigenvalue weighted by Gasteiger charge is -2.59. The van der Waals surface area contributed by atoms with E-state index in [9.17, 15) is 5.11 Å². The van der Waals surface area contributed by atoms with Crippen LogP contribution in [0.4, 0.5) is 0 Å². The van der Waals surface area contributed by atoms with Crippen molar-refractivity contribution in [1.82, 2.24) is 0 Å². The second kappa shape index (κ2) is 8.34. The van der Waals surface area contributed by atoms with E-state index in [-0.39, 0.29) is 6.10 Å². The van der Waals surface area contributed by atoms with Crippen molar-refractivity contribution in [1.29, 1.82) is 0 Å². The molecule has 176 valence electrons. The van der Waals surface area contributed by atoms with Gasteiger partial charge in [0.05, 0.1) is 6.10 Å². The highest BCUT2D eigenvalue weighted by Gasteiger charge is 2.59. The molecule has 0 radical (unpaired) electrons. The lowest BCUT2D eigenvalue weighted by Crippen LogP contribution is -2.52. The summed E-state index contributed by atoms with van der Waals surface area (Å²) in [5.74, 6) is 5.62. The minimum absolute atomic E-state index is 0.0819. The molecule has 0 heterocycles. The van der Waals surface area contributed by atoms with Crippen LogP contribution in [0.5, 0.6) is 0 Å². The molecule has 4 aliphatic carbocycles. The summed E-state index contributed by atoms with van der Waals surface area (Å²) in [6.07, 6.45) is 14.2. The van der Waals surface area contributed by atoms with E-state index in [0.29, 0.717) is 34.5 Å². The highest BCUT2D eigenvalue weighted by molar-refractivity contribution is 5.29. The molecular weight excluding hydrogens is 376 g/mol. The van der Waals surface area contributed by atoms with Crippen LogP contribution in [-0.2, 0) is 0 Å². The van der Waals surface area contributed by atoms with E-state index < -0.39 is 0 Å². The highest BCUT2D eigenvalue weighted by Crippen LogP contribution is 2.67. The molecule has 0 bridgehead atoms. The van der Waals surface area contributed by atoms with Crippen LogP contribution in [0.25, 0.3) is 0 Å². The first-order chi connectivity index (χ1) is 14.5. The first-order valence-electron chi connectivity index (χ1n) is 13.6. The number of aliphatic hydroxyl groups excluding tert-OH is 1. The molecular formula is C30H50O. The first kappa shape index (κ1) is 23.6. The second-order valence-electron chi connectivity index (χ2n) is 13.2. The summed E-state index contributed by atoms with van der Waals surface area (Å²) < 4.78 is 0. The van der Waals surface area contributed by atoms with Gasteiger partial charge in [-0.3, -0.25) is 0 Å². The zero-order chi connectivity index (χ0) is 22.7. The standard InChI is InChI=1S/C30H50O/c1-18(2)19(3)17-20(4)21(5)24-11-12-26-23-9-10-25-22(6)28(31)14-16-30(25,8)27(23)13-15-29(24,26)7/h9,17-19,21-22,24-28,31H,10-16H2,1-8H3/b20-17+/t19?,21-,22+,24-,25+,26+,27+,28+,29-,30+/m1/s1. The molecule has 4 aliphatic rings. The van der Waals surface area contributed by atoms with Crippen LogP contribution >= 0.6 is 0 Å². The Hall–Kier alpha value is -0.560. The van der Waals surface area contributed by atoms with Gasteiger partial charge in [-0.2, -0.15) is 0 Å². The Kier molecular flexibility index (Phi) is 6.35.